The summed E-state index contributed by atoms with van der Waals surface area (Å²) in [6.45, 7) is 15.2. The van der Waals surface area contributed by atoms with Gasteiger partial charge in [-0.05, 0) is 41.0 Å². The molecular formula is C41H45Cl2OTi. The van der Waals surface area contributed by atoms with Crippen molar-refractivity contribution in [2.45, 2.75) is 59.3 Å². The van der Waals surface area contributed by atoms with E-state index >= 15 is 0 Å². The van der Waals surface area contributed by atoms with Crippen LogP contribution in [0.4, 0.5) is 0 Å². The van der Waals surface area contributed by atoms with E-state index in [1.165, 1.54) is 48.0 Å². The number of aromatic hydroxyl groups is 1. The molecule has 45 heavy (non-hydrogen) atoms. The van der Waals surface area contributed by atoms with Gasteiger partial charge in [0.15, 0.2) is 0 Å². The Bertz CT molecular complexity index is 1700. The predicted octanol–water partition coefficient (Wildman–Crippen LogP) is 11.6. The van der Waals surface area contributed by atoms with Crippen LogP contribution in [0.3, 0.4) is 0 Å². The Labute approximate surface area is 294 Å². The van der Waals surface area contributed by atoms with Gasteiger partial charge in [0.2, 0.25) is 0 Å². The first-order valence-corrected chi connectivity index (χ1v) is 15.7. The summed E-state index contributed by atoms with van der Waals surface area (Å²) in [5.41, 5.74) is 9.41. The van der Waals surface area contributed by atoms with Gasteiger partial charge in [-0.1, -0.05) is 82.6 Å². The summed E-state index contributed by atoms with van der Waals surface area (Å²) < 4.78 is 1.33. The zero-order valence-corrected chi connectivity index (χ0v) is 30.6. The Morgan fingerprint density at radius 1 is 0.644 bits per heavy atom. The fourth-order valence-electron chi connectivity index (χ4n) is 5.21. The van der Waals surface area contributed by atoms with Crippen LogP contribution < -0.4 is 0 Å². The Kier molecular flexibility index (Phi) is 14.0. The number of fused-ring (bicyclic) bond motifs is 3. The zero-order chi connectivity index (χ0) is 31.2. The molecule has 0 aliphatic heterocycles. The summed E-state index contributed by atoms with van der Waals surface area (Å²) in [7, 11) is 0. The van der Waals surface area contributed by atoms with E-state index in [1.54, 1.807) is 6.07 Å². The summed E-state index contributed by atoms with van der Waals surface area (Å²) in [4.78, 5) is 0. The van der Waals surface area contributed by atoms with Crippen molar-refractivity contribution in [1.82, 2.24) is 0 Å². The first kappa shape index (κ1) is 38.1. The third-order valence-corrected chi connectivity index (χ3v) is 8.42. The standard InChI is InChI=1S/C17H17.C13H10.C11H16O.2ClH.Ti/c1-17(2,3)16-10-6-9-14-13-8-5-4-7-12(13)11-15(14)16;1-3-7-12(8-4-1)11-13-9-5-2-6-10-13;1-8-5-9(11(2,3)4)7-10(12)6-8;;;/h4-11H,1-3H3;1-10H;5-7,12H,1-4H3;2*1H;/q-1;;;;;+1. The van der Waals surface area contributed by atoms with Crippen molar-refractivity contribution >= 4 is 39.4 Å². The molecule has 0 atom stereocenters. The maximum absolute atomic E-state index is 9.36. The van der Waals surface area contributed by atoms with Gasteiger partial charge in [0.1, 0.15) is 5.75 Å². The Balaban J connectivity index is 0.000000234. The van der Waals surface area contributed by atoms with Crippen LogP contribution >= 0.6 is 24.8 Å². The Morgan fingerprint density at radius 2 is 1.18 bits per heavy atom. The maximum atomic E-state index is 9.36. The summed E-state index contributed by atoms with van der Waals surface area (Å²) in [6, 6.07) is 44.3. The second-order valence-corrected chi connectivity index (χ2v) is 13.9. The van der Waals surface area contributed by atoms with Crippen molar-refractivity contribution in [1.29, 1.82) is 0 Å². The van der Waals surface area contributed by atoms with Crippen LogP contribution in [0.2, 0.25) is 0 Å². The van der Waals surface area contributed by atoms with E-state index in [4.69, 9.17) is 0 Å². The average Bonchev–Trinajstić information content (AvgIpc) is 3.36. The number of hydrogen-bond acceptors (Lipinski definition) is 1. The van der Waals surface area contributed by atoms with Crippen LogP contribution in [-0.2, 0) is 30.8 Å². The number of aryl methyl sites for hydroxylation is 1. The molecule has 1 nitrogen and oxygen atoms in total. The van der Waals surface area contributed by atoms with Crippen molar-refractivity contribution < 1.29 is 25.1 Å². The molecule has 4 aromatic carbocycles. The first-order valence-electron chi connectivity index (χ1n) is 14.9. The van der Waals surface area contributed by atoms with Gasteiger partial charge in [0.25, 0.3) is 0 Å². The quantitative estimate of drug-likeness (QED) is 0.143. The molecule has 233 valence electrons. The second-order valence-electron chi connectivity index (χ2n) is 13.2. The topological polar surface area (TPSA) is 20.2 Å². The molecule has 2 aliphatic rings. The van der Waals surface area contributed by atoms with Gasteiger partial charge in [-0.25, -0.2) is 0 Å². The minimum absolute atomic E-state index is 0. The van der Waals surface area contributed by atoms with E-state index in [2.05, 4.69) is 165 Å². The molecule has 0 amide bonds. The SMILES string of the molecule is CC(C)(C)[c-]1cccc2c3ccccc3cc1-2.Cc1cc(O)cc(C(C)(C)C)c1.Cl.Cl.[Ti+]=[C](c1ccccc1)c1ccccc1. The number of phenolic OH excluding ortho intramolecular Hbond substituents is 1. The number of rotatable bonds is 2. The van der Waals surface area contributed by atoms with Crippen LogP contribution in [-0.4, -0.2) is 8.92 Å². The van der Waals surface area contributed by atoms with Crippen molar-refractivity contribution in [2.24, 2.45) is 0 Å². The van der Waals surface area contributed by atoms with Gasteiger partial charge < -0.3 is 5.11 Å². The predicted molar refractivity (Wildman–Crippen MR) is 197 cm³/mol. The summed E-state index contributed by atoms with van der Waals surface area (Å²) in [5, 5.41) is 12.1. The molecule has 0 spiro atoms. The van der Waals surface area contributed by atoms with E-state index in [0.29, 0.717) is 5.75 Å². The molecule has 0 bridgehead atoms. The van der Waals surface area contributed by atoms with Crippen LogP contribution in [0, 0.1) is 6.92 Å². The molecule has 4 heteroatoms. The number of phenols is 1. The molecule has 0 unspecified atom stereocenters. The van der Waals surface area contributed by atoms with Crippen molar-refractivity contribution in [2.75, 3.05) is 0 Å². The number of halogens is 2. The molecule has 0 heterocycles. The van der Waals surface area contributed by atoms with Gasteiger partial charge in [-0.3, -0.25) is 0 Å². The van der Waals surface area contributed by atoms with E-state index in [1.807, 2.05) is 25.1 Å². The second kappa shape index (κ2) is 16.5. The molecule has 1 N–H and O–H groups in total. The molecule has 6 rings (SSSR count). The van der Waals surface area contributed by atoms with Gasteiger partial charge in [-0.2, -0.15) is 0 Å². The molecule has 2 aliphatic carbocycles. The van der Waals surface area contributed by atoms with Gasteiger partial charge in [0.05, 0.1) is 0 Å². The molecule has 0 fully saturated rings. The van der Waals surface area contributed by atoms with Crippen molar-refractivity contribution in [3.8, 4) is 16.9 Å². The van der Waals surface area contributed by atoms with Crippen LogP contribution in [0.25, 0.3) is 21.9 Å². The molecule has 4 aromatic rings. The first-order chi connectivity index (χ1) is 20.3. The molecule has 0 aromatic heterocycles. The monoisotopic (exact) mass is 671 g/mol. The molecule has 0 saturated heterocycles. The van der Waals surface area contributed by atoms with Gasteiger partial charge in [-0.15, -0.1) is 65.8 Å². The summed E-state index contributed by atoms with van der Waals surface area (Å²) in [5.74, 6) is 0.361. The number of benzene rings is 5. The fraction of sp³-hybridized carbons (Fsp3) is 0.220. The van der Waals surface area contributed by atoms with Crippen LogP contribution in [0.5, 0.6) is 5.75 Å². The van der Waals surface area contributed by atoms with E-state index in [0.717, 1.165) is 5.56 Å². The third-order valence-electron chi connectivity index (χ3n) is 7.52. The average molecular weight is 673 g/mol. The summed E-state index contributed by atoms with van der Waals surface area (Å²) in [6.07, 6.45) is 0. The van der Waals surface area contributed by atoms with Crippen molar-refractivity contribution in [3.05, 3.63) is 155 Å². The normalized spacial score (nSPS) is 10.9. The third kappa shape index (κ3) is 10.2. The van der Waals surface area contributed by atoms with Crippen LogP contribution in [0.15, 0.2) is 127 Å². The molecule has 0 saturated carbocycles. The van der Waals surface area contributed by atoms with E-state index in [-0.39, 0.29) is 35.6 Å². The Morgan fingerprint density at radius 3 is 1.69 bits per heavy atom. The minimum atomic E-state index is 0. The fourth-order valence-corrected chi connectivity index (χ4v) is 5.73. The van der Waals surface area contributed by atoms with E-state index in [9.17, 15) is 5.11 Å². The van der Waals surface area contributed by atoms with Gasteiger partial charge >= 0.3 is 95.6 Å². The Hall–Kier alpha value is -3.07. The van der Waals surface area contributed by atoms with Gasteiger partial charge in [0, 0.05) is 0 Å². The molecular weight excluding hydrogens is 627 g/mol. The van der Waals surface area contributed by atoms with Crippen molar-refractivity contribution in [3.63, 3.8) is 0 Å². The molecule has 0 radical (unpaired) electrons. The summed E-state index contributed by atoms with van der Waals surface area (Å²) >= 11 is 2.16. The number of hydrogen-bond donors (Lipinski definition) is 1. The van der Waals surface area contributed by atoms with Crippen LogP contribution in [0.1, 0.15) is 69.4 Å². The van der Waals surface area contributed by atoms with E-state index < -0.39 is 0 Å². The zero-order valence-electron chi connectivity index (χ0n) is 27.4.